The Hall–Kier alpha value is -3.70. The van der Waals surface area contributed by atoms with Gasteiger partial charge in [0, 0.05) is 23.5 Å². The lowest BCUT2D eigenvalue weighted by atomic mass is 10.1. The number of hydrogen-bond donors (Lipinski definition) is 2. The van der Waals surface area contributed by atoms with Crippen molar-refractivity contribution in [2.75, 3.05) is 10.6 Å². The molecule has 3 rings (SSSR count). The van der Waals surface area contributed by atoms with Crippen molar-refractivity contribution in [2.45, 2.75) is 32.5 Å². The summed E-state index contributed by atoms with van der Waals surface area (Å²) in [5, 5.41) is 8.67. The lowest BCUT2D eigenvalue weighted by Crippen LogP contribution is -2.27. The Morgan fingerprint density at radius 1 is 0.967 bits per heavy atom. The maximum Gasteiger partial charge on any atom is 0.433 e. The molecule has 0 aliphatic heterocycles. The van der Waals surface area contributed by atoms with Gasteiger partial charge in [0.1, 0.15) is 11.4 Å². The van der Waals surface area contributed by atoms with Gasteiger partial charge in [-0.15, -0.1) is 4.91 Å². The number of halogens is 3. The molecule has 3 aromatic heterocycles. The van der Waals surface area contributed by atoms with E-state index in [1.165, 1.54) is 24.4 Å². The number of nitroso groups, excluding NO2 is 1. The van der Waals surface area contributed by atoms with E-state index in [1.807, 2.05) is 20.8 Å². The quantitative estimate of drug-likeness (QED) is 0.573. The molecule has 156 valence electrons. The van der Waals surface area contributed by atoms with Gasteiger partial charge >= 0.3 is 6.18 Å². The Labute approximate surface area is 169 Å². The fraction of sp³-hybridized carbons (Fsp3) is 0.278. The van der Waals surface area contributed by atoms with E-state index in [9.17, 15) is 18.1 Å². The zero-order valence-electron chi connectivity index (χ0n) is 16.2. The van der Waals surface area contributed by atoms with Gasteiger partial charge < -0.3 is 10.6 Å². The molecule has 0 bridgehead atoms. The third-order valence-electron chi connectivity index (χ3n) is 3.49. The first-order valence-electron chi connectivity index (χ1n) is 8.69. The van der Waals surface area contributed by atoms with Crippen molar-refractivity contribution in [3.63, 3.8) is 0 Å². The van der Waals surface area contributed by atoms with Gasteiger partial charge in [-0.2, -0.15) is 28.1 Å². The molecule has 0 aromatic carbocycles. The zero-order chi connectivity index (χ0) is 21.9. The van der Waals surface area contributed by atoms with E-state index in [4.69, 9.17) is 0 Å². The van der Waals surface area contributed by atoms with Crippen LogP contribution in [0, 0.1) is 4.91 Å². The van der Waals surface area contributed by atoms with Crippen LogP contribution in [0.5, 0.6) is 0 Å². The summed E-state index contributed by atoms with van der Waals surface area (Å²) in [4.78, 5) is 30.7. The van der Waals surface area contributed by atoms with Crippen LogP contribution in [0.25, 0.3) is 11.5 Å². The number of alkyl halides is 3. The molecule has 3 aromatic rings. The highest BCUT2D eigenvalue weighted by Crippen LogP contribution is 2.29. The molecular weight excluding hydrogens is 401 g/mol. The molecule has 9 nitrogen and oxygen atoms in total. The van der Waals surface area contributed by atoms with E-state index in [0.29, 0.717) is 5.69 Å². The van der Waals surface area contributed by atoms with Crippen molar-refractivity contribution in [1.29, 1.82) is 0 Å². The van der Waals surface area contributed by atoms with E-state index in [0.717, 1.165) is 6.07 Å². The summed E-state index contributed by atoms with van der Waals surface area (Å²) >= 11 is 0. The summed E-state index contributed by atoms with van der Waals surface area (Å²) in [6.07, 6.45) is -3.24. The van der Waals surface area contributed by atoms with Crippen molar-refractivity contribution in [2.24, 2.45) is 5.18 Å². The van der Waals surface area contributed by atoms with Crippen molar-refractivity contribution in [3.05, 3.63) is 47.1 Å². The van der Waals surface area contributed by atoms with Crippen molar-refractivity contribution < 1.29 is 13.2 Å². The number of anilines is 3. The molecule has 0 saturated carbocycles. The highest BCUT2D eigenvalue weighted by atomic mass is 19.4. The molecule has 30 heavy (non-hydrogen) atoms. The number of rotatable bonds is 5. The Kier molecular flexibility index (Phi) is 5.58. The summed E-state index contributed by atoms with van der Waals surface area (Å²) in [6, 6.07) is 6.39. The molecule has 0 fully saturated rings. The summed E-state index contributed by atoms with van der Waals surface area (Å²) in [6.45, 7) is 5.62. The highest BCUT2D eigenvalue weighted by Gasteiger charge is 2.32. The Morgan fingerprint density at radius 2 is 1.70 bits per heavy atom. The second-order valence-electron chi connectivity index (χ2n) is 7.21. The molecular formula is C18H17F3N8O. The fourth-order valence-electron chi connectivity index (χ4n) is 2.33. The lowest BCUT2D eigenvalue weighted by Gasteiger charge is -2.21. The average Bonchev–Trinajstić information content (AvgIpc) is 2.66. The third kappa shape index (κ3) is 5.43. The van der Waals surface area contributed by atoms with Crippen molar-refractivity contribution in [1.82, 2.24) is 24.9 Å². The van der Waals surface area contributed by atoms with Gasteiger partial charge in [0.25, 0.3) is 0 Å². The molecule has 0 spiro atoms. The Bertz CT molecular complexity index is 1070. The molecule has 0 saturated heterocycles. The van der Waals surface area contributed by atoms with Gasteiger partial charge in [-0.1, -0.05) is 6.07 Å². The van der Waals surface area contributed by atoms with Gasteiger partial charge in [0.05, 0.1) is 0 Å². The summed E-state index contributed by atoms with van der Waals surface area (Å²) in [5.41, 5.74) is -1.15. The minimum Gasteiger partial charge on any atom is -0.349 e. The fourth-order valence-corrected chi connectivity index (χ4v) is 2.33. The predicted molar refractivity (Wildman–Crippen MR) is 104 cm³/mol. The topological polar surface area (TPSA) is 118 Å². The molecule has 0 amide bonds. The Balaban J connectivity index is 2.05. The molecule has 0 aliphatic carbocycles. The van der Waals surface area contributed by atoms with Crippen LogP contribution in [0.2, 0.25) is 0 Å². The van der Waals surface area contributed by atoms with Crippen LogP contribution in [-0.4, -0.2) is 30.5 Å². The van der Waals surface area contributed by atoms with E-state index in [2.05, 4.69) is 40.7 Å². The average molecular weight is 418 g/mol. The number of nitrogens with one attached hydrogen (secondary N) is 2. The number of hydrogen-bond acceptors (Lipinski definition) is 9. The predicted octanol–water partition coefficient (Wildman–Crippen LogP) is 4.70. The van der Waals surface area contributed by atoms with Crippen molar-refractivity contribution >= 4 is 23.4 Å². The molecule has 0 aliphatic rings. The van der Waals surface area contributed by atoms with Crippen LogP contribution in [-0.2, 0) is 6.18 Å². The summed E-state index contributed by atoms with van der Waals surface area (Å²) in [5.74, 6) is 0.0565. The molecule has 3 heterocycles. The standard InChI is InChI=1S/C18H17F3N8O/c1-17(2,3)28-16-26-14(11-5-4-6-12(24-11)18(19,20)21)25-15(27-16)23-10-7-8-22-13(9-10)29-30/h4-9H,1-3H3,(H2,22,23,25,26,27,28). The van der Waals surface area contributed by atoms with Gasteiger partial charge in [-0.3, -0.25) is 0 Å². The first-order chi connectivity index (χ1) is 14.0. The summed E-state index contributed by atoms with van der Waals surface area (Å²) < 4.78 is 39.1. The van der Waals surface area contributed by atoms with Crippen LogP contribution < -0.4 is 10.6 Å². The minimum absolute atomic E-state index is 0.0361. The third-order valence-corrected chi connectivity index (χ3v) is 3.49. The molecule has 0 atom stereocenters. The molecule has 2 N–H and O–H groups in total. The highest BCUT2D eigenvalue weighted by molar-refractivity contribution is 5.60. The maximum atomic E-state index is 13.0. The second-order valence-corrected chi connectivity index (χ2v) is 7.21. The number of nitrogens with zero attached hydrogens (tertiary/aromatic N) is 6. The smallest absolute Gasteiger partial charge is 0.349 e. The minimum atomic E-state index is -4.61. The Morgan fingerprint density at radius 3 is 2.37 bits per heavy atom. The second kappa shape index (κ2) is 7.97. The largest absolute Gasteiger partial charge is 0.433 e. The van der Waals surface area contributed by atoms with Gasteiger partial charge in [0.15, 0.2) is 11.6 Å². The zero-order valence-corrected chi connectivity index (χ0v) is 16.2. The van der Waals surface area contributed by atoms with E-state index in [-0.39, 0.29) is 29.2 Å². The first-order valence-corrected chi connectivity index (χ1v) is 8.69. The van der Waals surface area contributed by atoms with E-state index in [1.54, 1.807) is 6.07 Å². The lowest BCUT2D eigenvalue weighted by molar-refractivity contribution is -0.141. The molecule has 0 radical (unpaired) electrons. The molecule has 12 heteroatoms. The maximum absolute atomic E-state index is 13.0. The van der Waals surface area contributed by atoms with Gasteiger partial charge in [-0.05, 0) is 44.1 Å². The van der Waals surface area contributed by atoms with Crippen molar-refractivity contribution in [3.8, 4) is 11.5 Å². The van der Waals surface area contributed by atoms with Crippen LogP contribution in [0.15, 0.2) is 41.7 Å². The SMILES string of the molecule is CC(C)(C)Nc1nc(Nc2ccnc(N=O)c2)nc(-c2cccc(C(F)(F)F)n2)n1. The monoisotopic (exact) mass is 418 g/mol. The normalized spacial score (nSPS) is 11.8. The summed E-state index contributed by atoms with van der Waals surface area (Å²) in [7, 11) is 0. The van der Waals surface area contributed by atoms with E-state index < -0.39 is 17.4 Å². The number of aromatic nitrogens is 5. The van der Waals surface area contributed by atoms with Crippen LogP contribution >= 0.6 is 0 Å². The molecule has 0 unspecified atom stereocenters. The van der Waals surface area contributed by atoms with Crippen LogP contribution in [0.3, 0.4) is 0 Å². The first kappa shape index (κ1) is 21.0. The van der Waals surface area contributed by atoms with Gasteiger partial charge in [0.2, 0.25) is 11.9 Å². The number of pyridine rings is 2. The van der Waals surface area contributed by atoms with Crippen LogP contribution in [0.4, 0.5) is 36.6 Å². The van der Waals surface area contributed by atoms with Gasteiger partial charge in [-0.25, -0.2) is 9.97 Å². The van der Waals surface area contributed by atoms with E-state index >= 15 is 0 Å². The van der Waals surface area contributed by atoms with Crippen LogP contribution in [0.1, 0.15) is 26.5 Å².